The third-order valence-corrected chi connectivity index (χ3v) is 2.60. The summed E-state index contributed by atoms with van der Waals surface area (Å²) in [5.74, 6) is 0. The zero-order chi connectivity index (χ0) is 10.8. The highest BCUT2D eigenvalue weighted by Gasteiger charge is 2.03. The third kappa shape index (κ3) is 1.78. The molecule has 5 heteroatoms. The molecule has 0 atom stereocenters. The van der Waals surface area contributed by atoms with Crippen LogP contribution in [-0.4, -0.2) is 21.5 Å². The molecule has 4 nitrogen and oxygen atoms in total. The van der Waals surface area contributed by atoms with Crippen molar-refractivity contribution in [2.45, 2.75) is 6.92 Å². The average molecular weight is 220 g/mol. The Morgan fingerprint density at radius 3 is 3.00 bits per heavy atom. The first-order valence-electron chi connectivity index (χ1n) is 4.64. The van der Waals surface area contributed by atoms with Gasteiger partial charge in [-0.25, -0.2) is 4.98 Å². The maximum absolute atomic E-state index is 5.05. The minimum absolute atomic E-state index is 0.609. The SMILES string of the molecule is CNC(=S)Nc1ccc2nccn2c1C. The minimum atomic E-state index is 0.609. The highest BCUT2D eigenvalue weighted by atomic mass is 32.1. The van der Waals surface area contributed by atoms with E-state index in [0.717, 1.165) is 17.0 Å². The Bertz CT molecular complexity index is 503. The number of imidazole rings is 1. The van der Waals surface area contributed by atoms with E-state index in [1.807, 2.05) is 29.7 Å². The Morgan fingerprint density at radius 1 is 1.47 bits per heavy atom. The summed E-state index contributed by atoms with van der Waals surface area (Å²) in [5, 5.41) is 6.60. The van der Waals surface area contributed by atoms with Crippen LogP contribution in [0.15, 0.2) is 24.5 Å². The first-order valence-corrected chi connectivity index (χ1v) is 5.04. The Morgan fingerprint density at radius 2 is 2.27 bits per heavy atom. The second-order valence-corrected chi connectivity index (χ2v) is 3.60. The van der Waals surface area contributed by atoms with Crippen LogP contribution in [0.2, 0.25) is 0 Å². The summed E-state index contributed by atoms with van der Waals surface area (Å²) in [6.07, 6.45) is 3.71. The maximum atomic E-state index is 5.05. The van der Waals surface area contributed by atoms with Crippen molar-refractivity contribution in [2.75, 3.05) is 12.4 Å². The monoisotopic (exact) mass is 220 g/mol. The zero-order valence-electron chi connectivity index (χ0n) is 8.61. The molecule has 2 rings (SSSR count). The number of thiocarbonyl (C=S) groups is 1. The van der Waals surface area contributed by atoms with Gasteiger partial charge in [0.25, 0.3) is 0 Å². The largest absolute Gasteiger partial charge is 0.366 e. The van der Waals surface area contributed by atoms with Gasteiger partial charge in [-0.1, -0.05) is 0 Å². The van der Waals surface area contributed by atoms with Gasteiger partial charge in [0.05, 0.1) is 5.69 Å². The van der Waals surface area contributed by atoms with Crippen LogP contribution >= 0.6 is 12.2 Å². The van der Waals surface area contributed by atoms with Crippen LogP contribution in [0.4, 0.5) is 5.69 Å². The van der Waals surface area contributed by atoms with E-state index >= 15 is 0 Å². The standard InChI is InChI=1S/C10H12N4S/c1-7-8(13-10(15)11-2)3-4-9-12-5-6-14(7)9/h3-6H,1-2H3,(H2,11,13,15). The fourth-order valence-corrected chi connectivity index (χ4v) is 1.56. The minimum Gasteiger partial charge on any atom is -0.366 e. The van der Waals surface area contributed by atoms with Gasteiger partial charge in [-0.15, -0.1) is 0 Å². The van der Waals surface area contributed by atoms with E-state index in [9.17, 15) is 0 Å². The van der Waals surface area contributed by atoms with Crippen molar-refractivity contribution in [2.24, 2.45) is 0 Å². The van der Waals surface area contributed by atoms with Crippen molar-refractivity contribution in [1.29, 1.82) is 0 Å². The second-order valence-electron chi connectivity index (χ2n) is 3.19. The third-order valence-electron chi connectivity index (χ3n) is 2.29. The van der Waals surface area contributed by atoms with E-state index in [1.54, 1.807) is 13.2 Å². The van der Waals surface area contributed by atoms with Crippen molar-refractivity contribution in [3.05, 3.63) is 30.2 Å². The van der Waals surface area contributed by atoms with Gasteiger partial charge in [-0.05, 0) is 31.3 Å². The molecule has 78 valence electrons. The summed E-state index contributed by atoms with van der Waals surface area (Å²) < 4.78 is 2.01. The lowest BCUT2D eigenvalue weighted by Crippen LogP contribution is -2.24. The number of anilines is 1. The molecule has 0 bridgehead atoms. The Labute approximate surface area is 93.3 Å². The lowest BCUT2D eigenvalue weighted by Gasteiger charge is -2.11. The van der Waals surface area contributed by atoms with E-state index in [-0.39, 0.29) is 0 Å². The number of hydrogen-bond donors (Lipinski definition) is 2. The van der Waals surface area contributed by atoms with Crippen LogP contribution in [0, 0.1) is 6.92 Å². The number of hydrogen-bond acceptors (Lipinski definition) is 2. The van der Waals surface area contributed by atoms with Gasteiger partial charge in [-0.3, -0.25) is 0 Å². The lowest BCUT2D eigenvalue weighted by molar-refractivity contribution is 1.09. The van der Waals surface area contributed by atoms with Crippen LogP contribution in [-0.2, 0) is 0 Å². The molecule has 0 saturated heterocycles. The van der Waals surface area contributed by atoms with E-state index in [0.29, 0.717) is 5.11 Å². The molecule has 0 spiro atoms. The molecule has 0 aromatic carbocycles. The number of rotatable bonds is 1. The van der Waals surface area contributed by atoms with E-state index < -0.39 is 0 Å². The second kappa shape index (κ2) is 3.86. The molecule has 2 aromatic rings. The van der Waals surface area contributed by atoms with Gasteiger partial charge >= 0.3 is 0 Å². The Balaban J connectivity index is 2.43. The number of nitrogens with one attached hydrogen (secondary N) is 2. The molecular weight excluding hydrogens is 208 g/mol. The molecule has 15 heavy (non-hydrogen) atoms. The van der Waals surface area contributed by atoms with Gasteiger partial charge in [0.1, 0.15) is 5.65 Å². The lowest BCUT2D eigenvalue weighted by atomic mass is 10.3. The van der Waals surface area contributed by atoms with Crippen molar-refractivity contribution >= 4 is 28.7 Å². The van der Waals surface area contributed by atoms with Gasteiger partial charge in [0.2, 0.25) is 0 Å². The first-order chi connectivity index (χ1) is 7.22. The normalized spacial score (nSPS) is 10.3. The highest BCUT2D eigenvalue weighted by molar-refractivity contribution is 7.80. The Kier molecular flexibility index (Phi) is 2.55. The van der Waals surface area contributed by atoms with Gasteiger partial charge in [-0.2, -0.15) is 0 Å². The quantitative estimate of drug-likeness (QED) is 0.716. The summed E-state index contributed by atoms with van der Waals surface area (Å²) in [6, 6.07) is 3.93. The van der Waals surface area contributed by atoms with Gasteiger partial charge in [0.15, 0.2) is 5.11 Å². The van der Waals surface area contributed by atoms with E-state index in [4.69, 9.17) is 12.2 Å². The predicted octanol–water partition coefficient (Wildman–Crippen LogP) is 1.56. The van der Waals surface area contributed by atoms with E-state index in [2.05, 4.69) is 15.6 Å². The fraction of sp³-hybridized carbons (Fsp3) is 0.200. The molecule has 0 aliphatic rings. The summed E-state index contributed by atoms with van der Waals surface area (Å²) in [5.41, 5.74) is 3.01. The van der Waals surface area contributed by atoms with Crippen molar-refractivity contribution < 1.29 is 0 Å². The highest BCUT2D eigenvalue weighted by Crippen LogP contribution is 2.16. The summed E-state index contributed by atoms with van der Waals surface area (Å²) >= 11 is 5.05. The van der Waals surface area contributed by atoms with Crippen LogP contribution in [0.1, 0.15) is 5.69 Å². The van der Waals surface area contributed by atoms with Gasteiger partial charge < -0.3 is 15.0 Å². The zero-order valence-corrected chi connectivity index (χ0v) is 9.43. The number of pyridine rings is 1. The number of aryl methyl sites for hydroxylation is 1. The summed E-state index contributed by atoms with van der Waals surface area (Å²) in [4.78, 5) is 4.21. The molecule has 0 saturated carbocycles. The van der Waals surface area contributed by atoms with Crippen molar-refractivity contribution in [1.82, 2.24) is 14.7 Å². The smallest absolute Gasteiger partial charge is 0.170 e. The van der Waals surface area contributed by atoms with E-state index in [1.165, 1.54) is 0 Å². The number of aromatic nitrogens is 2. The molecule has 0 radical (unpaired) electrons. The van der Waals surface area contributed by atoms with Crippen LogP contribution in [0.3, 0.4) is 0 Å². The number of nitrogens with zero attached hydrogens (tertiary/aromatic N) is 2. The van der Waals surface area contributed by atoms with Crippen molar-refractivity contribution in [3.63, 3.8) is 0 Å². The fourth-order valence-electron chi connectivity index (χ4n) is 1.45. The molecule has 0 fully saturated rings. The molecule has 2 heterocycles. The molecule has 2 N–H and O–H groups in total. The van der Waals surface area contributed by atoms with Gasteiger partial charge in [0, 0.05) is 25.1 Å². The van der Waals surface area contributed by atoms with Crippen LogP contribution < -0.4 is 10.6 Å². The van der Waals surface area contributed by atoms with Crippen LogP contribution in [0.25, 0.3) is 5.65 Å². The van der Waals surface area contributed by atoms with Crippen LogP contribution in [0.5, 0.6) is 0 Å². The molecule has 0 unspecified atom stereocenters. The molecule has 0 aliphatic heterocycles. The predicted molar refractivity (Wildman–Crippen MR) is 65.2 cm³/mol. The maximum Gasteiger partial charge on any atom is 0.170 e. The topological polar surface area (TPSA) is 41.4 Å². The molecule has 2 aromatic heterocycles. The molecule has 0 aliphatic carbocycles. The summed E-state index contributed by atoms with van der Waals surface area (Å²) in [7, 11) is 1.79. The summed E-state index contributed by atoms with van der Waals surface area (Å²) in [6.45, 7) is 2.02. The molecular formula is C10H12N4S. The first kappa shape index (κ1) is 9.92. The Hall–Kier alpha value is -1.62. The average Bonchev–Trinajstić information content (AvgIpc) is 2.70. The van der Waals surface area contributed by atoms with Crippen molar-refractivity contribution in [3.8, 4) is 0 Å². The number of fused-ring (bicyclic) bond motifs is 1. The molecule has 0 amide bonds.